The van der Waals surface area contributed by atoms with Crippen LogP contribution in [-0.2, 0) is 0 Å². The van der Waals surface area contributed by atoms with Gasteiger partial charge in [-0.2, -0.15) is 5.10 Å². The van der Waals surface area contributed by atoms with Crippen LogP contribution in [0.4, 0.5) is 5.82 Å². The molecule has 1 atom stereocenters. The van der Waals surface area contributed by atoms with Crippen LogP contribution < -0.4 is 5.32 Å². The maximum atomic E-state index is 10.6. The van der Waals surface area contributed by atoms with Crippen LogP contribution in [0.25, 0.3) is 16.7 Å². The number of rotatable bonds is 7. The normalized spacial score (nSPS) is 14.0. The number of fused-ring (bicyclic) bond motifs is 1. The fraction of sp³-hybridized carbons (Fsp3) is 0.421. The third-order valence-corrected chi connectivity index (χ3v) is 4.26. The molecule has 0 spiro atoms. The van der Waals surface area contributed by atoms with Gasteiger partial charge in [0.25, 0.3) is 0 Å². The molecule has 0 saturated carbocycles. The van der Waals surface area contributed by atoms with E-state index in [0.717, 1.165) is 29.6 Å². The molecule has 0 aliphatic carbocycles. The van der Waals surface area contributed by atoms with Crippen LogP contribution in [0.1, 0.15) is 33.6 Å². The van der Waals surface area contributed by atoms with E-state index in [1.165, 1.54) is 6.33 Å². The third kappa shape index (κ3) is 4.14. The van der Waals surface area contributed by atoms with Crippen molar-refractivity contribution >= 4 is 16.9 Å². The van der Waals surface area contributed by atoms with Crippen molar-refractivity contribution in [2.45, 2.75) is 39.2 Å². The summed E-state index contributed by atoms with van der Waals surface area (Å²) in [7, 11) is 0. The van der Waals surface area contributed by atoms with Gasteiger partial charge in [-0.15, -0.1) is 0 Å². The van der Waals surface area contributed by atoms with E-state index in [4.69, 9.17) is 0 Å². The molecule has 0 saturated heterocycles. The van der Waals surface area contributed by atoms with Crippen LogP contribution in [0.15, 0.2) is 42.9 Å². The summed E-state index contributed by atoms with van der Waals surface area (Å²) in [5, 5.41) is 19.1. The molecular weight excluding hydrogens is 314 g/mol. The lowest BCUT2D eigenvalue weighted by atomic mass is 9.95. The lowest BCUT2D eigenvalue weighted by Crippen LogP contribution is -2.34. The molecule has 2 aromatic heterocycles. The summed E-state index contributed by atoms with van der Waals surface area (Å²) in [6.45, 7) is 6.61. The summed E-state index contributed by atoms with van der Waals surface area (Å²) in [5.74, 6) is 1.26. The number of anilines is 1. The molecule has 6 nitrogen and oxygen atoms in total. The number of nitrogens with one attached hydrogen (secondary N) is 1. The lowest BCUT2D eigenvalue weighted by Gasteiger charge is -2.24. The van der Waals surface area contributed by atoms with Crippen molar-refractivity contribution in [3.63, 3.8) is 0 Å². The second-order valence-electron chi connectivity index (χ2n) is 7.13. The Morgan fingerprint density at radius 3 is 2.68 bits per heavy atom. The van der Waals surface area contributed by atoms with Crippen molar-refractivity contribution < 1.29 is 5.11 Å². The van der Waals surface area contributed by atoms with Crippen LogP contribution in [0.3, 0.4) is 0 Å². The molecule has 3 rings (SSSR count). The highest BCUT2D eigenvalue weighted by Gasteiger charge is 2.21. The number of benzene rings is 1. The second-order valence-corrected chi connectivity index (χ2v) is 7.13. The van der Waals surface area contributed by atoms with E-state index < -0.39 is 5.60 Å². The van der Waals surface area contributed by atoms with Crippen LogP contribution in [-0.4, -0.2) is 37.0 Å². The summed E-state index contributed by atoms with van der Waals surface area (Å²) >= 11 is 0. The van der Waals surface area contributed by atoms with Crippen molar-refractivity contribution in [3.05, 3.63) is 42.9 Å². The van der Waals surface area contributed by atoms with Gasteiger partial charge in [-0.25, -0.2) is 14.6 Å². The molecule has 6 heteroatoms. The quantitative estimate of drug-likeness (QED) is 0.690. The first kappa shape index (κ1) is 17.4. The summed E-state index contributed by atoms with van der Waals surface area (Å²) in [5.41, 5.74) is 0.911. The molecule has 2 N–H and O–H groups in total. The van der Waals surface area contributed by atoms with Crippen molar-refractivity contribution in [3.8, 4) is 5.69 Å². The maximum Gasteiger partial charge on any atom is 0.168 e. The predicted molar refractivity (Wildman–Crippen MR) is 99.8 cm³/mol. The number of para-hydroxylation sites is 1. The van der Waals surface area contributed by atoms with Gasteiger partial charge in [0.15, 0.2) is 5.65 Å². The third-order valence-electron chi connectivity index (χ3n) is 4.26. The van der Waals surface area contributed by atoms with Crippen molar-refractivity contribution in [2.24, 2.45) is 5.92 Å². The number of aromatic nitrogens is 4. The van der Waals surface area contributed by atoms with E-state index in [-0.39, 0.29) is 0 Å². The molecule has 3 aromatic rings. The largest absolute Gasteiger partial charge is 0.388 e. The van der Waals surface area contributed by atoms with Gasteiger partial charge >= 0.3 is 0 Å². The highest BCUT2D eigenvalue weighted by atomic mass is 16.3. The predicted octanol–water partition coefficient (Wildman–Crippen LogP) is 3.41. The van der Waals surface area contributed by atoms with Gasteiger partial charge in [0, 0.05) is 6.54 Å². The second kappa shape index (κ2) is 7.19. The molecule has 0 amide bonds. The molecule has 1 aromatic carbocycles. The Kier molecular flexibility index (Phi) is 4.99. The van der Waals surface area contributed by atoms with E-state index >= 15 is 0 Å². The average molecular weight is 339 g/mol. The standard InChI is InChI=1S/C19H25N5O/c1-14(2)9-10-19(3,25)12-20-17-16-11-23-24(18(16)22-13-21-17)15-7-5-4-6-8-15/h4-8,11,13-14,25H,9-10,12H2,1-3H3,(H,20,21,22). The highest BCUT2D eigenvalue weighted by molar-refractivity contribution is 5.87. The van der Waals surface area contributed by atoms with Gasteiger partial charge in [0.2, 0.25) is 0 Å². The topological polar surface area (TPSA) is 75.9 Å². The zero-order valence-electron chi connectivity index (χ0n) is 15.0. The van der Waals surface area contributed by atoms with Gasteiger partial charge in [-0.3, -0.25) is 0 Å². The molecule has 1 unspecified atom stereocenters. The number of hydrogen-bond donors (Lipinski definition) is 2. The minimum Gasteiger partial charge on any atom is -0.388 e. The van der Waals surface area contributed by atoms with Crippen molar-refractivity contribution in [2.75, 3.05) is 11.9 Å². The summed E-state index contributed by atoms with van der Waals surface area (Å²) in [6, 6.07) is 9.87. The monoisotopic (exact) mass is 339 g/mol. The Balaban J connectivity index is 1.80. The van der Waals surface area contributed by atoms with E-state index in [0.29, 0.717) is 18.3 Å². The van der Waals surface area contributed by atoms with Gasteiger partial charge in [0.05, 0.1) is 22.9 Å². The maximum absolute atomic E-state index is 10.6. The molecular formula is C19H25N5O. The Bertz CT molecular complexity index is 826. The summed E-state index contributed by atoms with van der Waals surface area (Å²) in [4.78, 5) is 8.69. The Labute approximate surface area is 147 Å². The number of nitrogens with zero attached hydrogens (tertiary/aromatic N) is 4. The molecule has 0 bridgehead atoms. The van der Waals surface area contributed by atoms with Gasteiger partial charge in [-0.1, -0.05) is 32.0 Å². The smallest absolute Gasteiger partial charge is 0.168 e. The van der Waals surface area contributed by atoms with Crippen molar-refractivity contribution in [1.29, 1.82) is 0 Å². The Hall–Kier alpha value is -2.47. The lowest BCUT2D eigenvalue weighted by molar-refractivity contribution is 0.0586. The van der Waals surface area contributed by atoms with Crippen molar-refractivity contribution in [1.82, 2.24) is 19.7 Å². The minimum atomic E-state index is -0.781. The summed E-state index contributed by atoms with van der Waals surface area (Å²) < 4.78 is 1.79. The zero-order valence-corrected chi connectivity index (χ0v) is 15.0. The number of aliphatic hydroxyl groups is 1. The van der Waals surface area contributed by atoms with Crippen LogP contribution >= 0.6 is 0 Å². The molecule has 132 valence electrons. The first-order valence-electron chi connectivity index (χ1n) is 8.67. The van der Waals surface area contributed by atoms with Gasteiger partial charge in [-0.05, 0) is 37.8 Å². The van der Waals surface area contributed by atoms with Crippen LogP contribution in [0.5, 0.6) is 0 Å². The first-order valence-corrected chi connectivity index (χ1v) is 8.67. The molecule has 2 heterocycles. The molecule has 0 aliphatic rings. The Morgan fingerprint density at radius 1 is 1.20 bits per heavy atom. The fourth-order valence-electron chi connectivity index (χ4n) is 2.71. The van der Waals surface area contributed by atoms with Crippen LogP contribution in [0.2, 0.25) is 0 Å². The molecule has 0 aliphatic heterocycles. The van der Waals surface area contributed by atoms with E-state index in [9.17, 15) is 5.11 Å². The minimum absolute atomic E-state index is 0.433. The fourth-order valence-corrected chi connectivity index (χ4v) is 2.71. The Morgan fingerprint density at radius 2 is 1.96 bits per heavy atom. The van der Waals surface area contributed by atoms with E-state index in [1.807, 2.05) is 37.3 Å². The van der Waals surface area contributed by atoms with Crippen LogP contribution in [0, 0.1) is 5.92 Å². The highest BCUT2D eigenvalue weighted by Crippen LogP contribution is 2.23. The van der Waals surface area contributed by atoms with Gasteiger partial charge < -0.3 is 10.4 Å². The van der Waals surface area contributed by atoms with E-state index in [2.05, 4.69) is 34.2 Å². The van der Waals surface area contributed by atoms with Gasteiger partial charge in [0.1, 0.15) is 12.1 Å². The van der Waals surface area contributed by atoms with E-state index in [1.54, 1.807) is 10.9 Å². The summed E-state index contributed by atoms with van der Waals surface area (Å²) in [6.07, 6.45) is 5.01. The molecule has 0 fully saturated rings. The first-order chi connectivity index (χ1) is 12.0. The number of hydrogen-bond acceptors (Lipinski definition) is 5. The average Bonchev–Trinajstić information content (AvgIpc) is 3.04. The molecule has 0 radical (unpaired) electrons. The SMILES string of the molecule is CC(C)CCC(C)(O)CNc1ncnc2c1cnn2-c1ccccc1. The molecule has 25 heavy (non-hydrogen) atoms. The zero-order chi connectivity index (χ0) is 17.9.